The molecule has 1 saturated carbocycles. The molecule has 1 aliphatic carbocycles. The molecule has 0 bridgehead atoms. The van der Waals surface area contributed by atoms with Crippen molar-refractivity contribution in [2.24, 2.45) is 11.8 Å². The molecule has 3 atom stereocenters. The number of aromatic hydroxyl groups is 1. The van der Waals surface area contributed by atoms with Gasteiger partial charge in [-0.25, -0.2) is 0 Å². The van der Waals surface area contributed by atoms with Gasteiger partial charge in [-0.05, 0) is 49.4 Å². The number of ketones is 1. The number of phenolic OH excluding ortho intramolecular Hbond substituents is 1. The Morgan fingerprint density at radius 3 is 2.67 bits per heavy atom. The van der Waals surface area contributed by atoms with Crippen LogP contribution < -0.4 is 10.6 Å². The second kappa shape index (κ2) is 10.1. The first-order valence-corrected chi connectivity index (χ1v) is 10.9. The van der Waals surface area contributed by atoms with Crippen molar-refractivity contribution in [2.75, 3.05) is 13.2 Å². The van der Waals surface area contributed by atoms with Gasteiger partial charge in [-0.2, -0.15) is 0 Å². The van der Waals surface area contributed by atoms with Gasteiger partial charge in [0.1, 0.15) is 18.4 Å². The maximum Gasteiger partial charge on any atom is 0.251 e. The molecule has 1 aliphatic heterocycles. The molecule has 164 valence electrons. The fourth-order valence-corrected chi connectivity index (χ4v) is 4.41. The molecular formula is C23H32N2O5. The van der Waals surface area contributed by atoms with Crippen LogP contribution in [0, 0.1) is 18.8 Å². The first-order chi connectivity index (χ1) is 14.4. The highest BCUT2D eigenvalue weighted by Crippen LogP contribution is 2.29. The van der Waals surface area contributed by atoms with E-state index in [0.717, 1.165) is 32.1 Å². The number of Topliss-reactive ketones (excluding diaryl/α,β-unsaturated/α-hetero) is 1. The number of ether oxygens (including phenoxy) is 1. The van der Waals surface area contributed by atoms with Crippen LogP contribution in [0.25, 0.3) is 0 Å². The Bertz CT molecular complexity index is 788. The zero-order valence-corrected chi connectivity index (χ0v) is 17.8. The quantitative estimate of drug-likeness (QED) is 0.633. The monoisotopic (exact) mass is 416 g/mol. The van der Waals surface area contributed by atoms with Crippen LogP contribution >= 0.6 is 0 Å². The van der Waals surface area contributed by atoms with Crippen LogP contribution in [-0.4, -0.2) is 48.0 Å². The van der Waals surface area contributed by atoms with Gasteiger partial charge in [-0.1, -0.05) is 32.6 Å². The highest BCUT2D eigenvalue weighted by molar-refractivity contribution is 5.99. The highest BCUT2D eigenvalue weighted by Gasteiger charge is 2.35. The molecule has 2 amide bonds. The van der Waals surface area contributed by atoms with Crippen molar-refractivity contribution < 1.29 is 24.2 Å². The molecule has 2 aliphatic rings. The summed E-state index contributed by atoms with van der Waals surface area (Å²) in [6.07, 6.45) is 5.66. The van der Waals surface area contributed by atoms with Crippen molar-refractivity contribution in [1.29, 1.82) is 0 Å². The van der Waals surface area contributed by atoms with Crippen LogP contribution in [0.3, 0.4) is 0 Å². The molecule has 3 rings (SSSR count). The van der Waals surface area contributed by atoms with Gasteiger partial charge in [0, 0.05) is 11.5 Å². The minimum atomic E-state index is -0.706. The van der Waals surface area contributed by atoms with Gasteiger partial charge in [-0.15, -0.1) is 0 Å². The molecule has 2 fully saturated rings. The molecule has 30 heavy (non-hydrogen) atoms. The second-order valence-electron chi connectivity index (χ2n) is 8.55. The predicted octanol–water partition coefficient (Wildman–Crippen LogP) is 2.49. The van der Waals surface area contributed by atoms with Gasteiger partial charge in [0.05, 0.1) is 12.6 Å². The number of hydrogen-bond donors (Lipinski definition) is 3. The van der Waals surface area contributed by atoms with E-state index >= 15 is 0 Å². The molecule has 1 aromatic carbocycles. The van der Waals surface area contributed by atoms with E-state index < -0.39 is 12.1 Å². The first-order valence-electron chi connectivity index (χ1n) is 10.9. The Morgan fingerprint density at radius 2 is 2.00 bits per heavy atom. The molecule has 1 heterocycles. The Morgan fingerprint density at radius 1 is 1.27 bits per heavy atom. The predicted molar refractivity (Wildman–Crippen MR) is 112 cm³/mol. The van der Waals surface area contributed by atoms with Gasteiger partial charge >= 0.3 is 0 Å². The summed E-state index contributed by atoms with van der Waals surface area (Å²) >= 11 is 0. The van der Waals surface area contributed by atoms with Crippen LogP contribution in [0.5, 0.6) is 5.75 Å². The van der Waals surface area contributed by atoms with E-state index in [1.54, 1.807) is 13.0 Å². The van der Waals surface area contributed by atoms with E-state index in [9.17, 15) is 19.5 Å². The number of carbonyl (C=O) groups is 3. The summed E-state index contributed by atoms with van der Waals surface area (Å²) in [4.78, 5) is 38.3. The summed E-state index contributed by atoms with van der Waals surface area (Å²) in [7, 11) is 0. The van der Waals surface area contributed by atoms with Crippen LogP contribution in [-0.2, 0) is 14.3 Å². The fourth-order valence-electron chi connectivity index (χ4n) is 4.41. The van der Waals surface area contributed by atoms with Crippen molar-refractivity contribution in [2.45, 2.75) is 64.5 Å². The largest absolute Gasteiger partial charge is 0.508 e. The van der Waals surface area contributed by atoms with E-state index in [1.165, 1.54) is 12.1 Å². The minimum Gasteiger partial charge on any atom is -0.508 e. The molecule has 3 N–H and O–H groups in total. The van der Waals surface area contributed by atoms with E-state index in [4.69, 9.17) is 4.74 Å². The first kappa shape index (κ1) is 22.3. The summed E-state index contributed by atoms with van der Waals surface area (Å²) in [6, 6.07) is 3.34. The van der Waals surface area contributed by atoms with Crippen molar-refractivity contribution in [3.8, 4) is 5.75 Å². The molecule has 0 radical (unpaired) electrons. The summed E-state index contributed by atoms with van der Waals surface area (Å²) in [5, 5.41) is 15.5. The average Bonchev–Trinajstić information content (AvgIpc) is 3.24. The number of nitrogens with one attached hydrogen (secondary N) is 2. The zero-order valence-electron chi connectivity index (χ0n) is 17.8. The molecule has 0 aromatic heterocycles. The lowest BCUT2D eigenvalue weighted by Gasteiger charge is -2.32. The lowest BCUT2D eigenvalue weighted by Crippen LogP contribution is -2.57. The third kappa shape index (κ3) is 5.39. The second-order valence-corrected chi connectivity index (χ2v) is 8.55. The van der Waals surface area contributed by atoms with Crippen LogP contribution in [0.4, 0.5) is 0 Å². The topological polar surface area (TPSA) is 105 Å². The molecule has 1 aromatic rings. The van der Waals surface area contributed by atoms with Gasteiger partial charge < -0.3 is 20.5 Å². The number of carbonyl (C=O) groups excluding carboxylic acids is 3. The third-order valence-corrected chi connectivity index (χ3v) is 6.34. The number of aryl methyl sites for hydroxylation is 1. The molecule has 0 spiro atoms. The molecular weight excluding hydrogens is 384 g/mol. The normalized spacial score (nSPS) is 23.2. The molecule has 7 heteroatoms. The highest BCUT2D eigenvalue weighted by atomic mass is 16.5. The van der Waals surface area contributed by atoms with Gasteiger partial charge in [0.15, 0.2) is 5.78 Å². The fraction of sp³-hybridized carbons (Fsp3) is 0.609. The summed E-state index contributed by atoms with van der Waals surface area (Å²) in [5.41, 5.74) is 0.987. The van der Waals surface area contributed by atoms with Crippen LogP contribution in [0.1, 0.15) is 61.4 Å². The maximum atomic E-state index is 13.1. The van der Waals surface area contributed by atoms with E-state index in [2.05, 4.69) is 10.6 Å². The van der Waals surface area contributed by atoms with E-state index in [-0.39, 0.29) is 35.9 Å². The molecule has 1 saturated heterocycles. The van der Waals surface area contributed by atoms with Gasteiger partial charge in [0.2, 0.25) is 5.91 Å². The summed E-state index contributed by atoms with van der Waals surface area (Å²) < 4.78 is 5.32. The average molecular weight is 417 g/mol. The smallest absolute Gasteiger partial charge is 0.251 e. The number of rotatable bonds is 7. The SMILES string of the molecule is CCC1COCC(=O)C1NC(=O)[C@H](CC1CCCC1)NC(=O)c1ccc(O)c(C)c1. The number of hydrogen-bond acceptors (Lipinski definition) is 5. The lowest BCUT2D eigenvalue weighted by atomic mass is 9.91. The molecule has 2 unspecified atom stereocenters. The summed E-state index contributed by atoms with van der Waals surface area (Å²) in [5.74, 6) is -0.351. The number of benzene rings is 1. The maximum absolute atomic E-state index is 13.1. The summed E-state index contributed by atoms with van der Waals surface area (Å²) in [6.45, 7) is 4.14. The Hall–Kier alpha value is -2.41. The Labute approximate surface area is 177 Å². The van der Waals surface area contributed by atoms with E-state index in [0.29, 0.717) is 30.1 Å². The lowest BCUT2D eigenvalue weighted by molar-refractivity contribution is -0.138. The van der Waals surface area contributed by atoms with Crippen molar-refractivity contribution in [1.82, 2.24) is 10.6 Å². The van der Waals surface area contributed by atoms with Gasteiger partial charge in [0.25, 0.3) is 5.91 Å². The van der Waals surface area contributed by atoms with Crippen molar-refractivity contribution >= 4 is 17.6 Å². The minimum absolute atomic E-state index is 0.00782. The van der Waals surface area contributed by atoms with E-state index in [1.807, 2.05) is 6.92 Å². The number of phenols is 1. The number of amides is 2. The standard InChI is InChI=1S/C23H32N2O5/c1-3-16-12-30-13-20(27)21(16)25-23(29)18(11-15-6-4-5-7-15)24-22(28)17-8-9-19(26)14(2)10-17/h8-10,15-16,18,21,26H,3-7,11-13H2,1-2H3,(H,24,28)(H,25,29)/t16?,18-,21?/m0/s1. The van der Waals surface area contributed by atoms with Crippen molar-refractivity contribution in [3.63, 3.8) is 0 Å². The van der Waals surface area contributed by atoms with Gasteiger partial charge in [-0.3, -0.25) is 14.4 Å². The Balaban J connectivity index is 1.73. The zero-order chi connectivity index (χ0) is 21.7. The molecule has 7 nitrogen and oxygen atoms in total. The van der Waals surface area contributed by atoms with Crippen LogP contribution in [0.2, 0.25) is 0 Å². The Kier molecular flexibility index (Phi) is 7.48. The van der Waals surface area contributed by atoms with Crippen LogP contribution in [0.15, 0.2) is 18.2 Å². The third-order valence-electron chi connectivity index (χ3n) is 6.34. The van der Waals surface area contributed by atoms with Crippen molar-refractivity contribution in [3.05, 3.63) is 29.3 Å².